The first-order valence-corrected chi connectivity index (χ1v) is 7.27. The van der Waals surface area contributed by atoms with Gasteiger partial charge in [-0.15, -0.1) is 11.3 Å². The predicted octanol–water partition coefficient (Wildman–Crippen LogP) is 4.19. The molecule has 1 N–H and O–H groups in total. The number of nitrogens with zero attached hydrogens (tertiary/aromatic N) is 1. The van der Waals surface area contributed by atoms with Gasteiger partial charge in [-0.05, 0) is 36.4 Å². The molecular weight excluding hydrogens is 240 g/mol. The van der Waals surface area contributed by atoms with Crippen molar-refractivity contribution in [1.82, 2.24) is 10.3 Å². The third kappa shape index (κ3) is 3.18. The molecule has 0 saturated heterocycles. The van der Waals surface area contributed by atoms with Crippen LogP contribution >= 0.6 is 11.3 Å². The first-order valence-electron chi connectivity index (χ1n) is 6.39. The minimum Gasteiger partial charge on any atom is -0.301 e. The predicted molar refractivity (Wildman–Crippen MR) is 77.7 cm³/mol. The van der Waals surface area contributed by atoms with Crippen molar-refractivity contribution in [2.75, 3.05) is 0 Å². The van der Waals surface area contributed by atoms with E-state index in [9.17, 15) is 0 Å². The van der Waals surface area contributed by atoms with Crippen molar-refractivity contribution in [3.05, 3.63) is 52.5 Å². The van der Waals surface area contributed by atoms with Gasteiger partial charge in [0.05, 0.1) is 5.69 Å². The molecule has 0 amide bonds. The minimum absolute atomic E-state index is 0.265. The number of rotatable bonds is 5. The maximum Gasteiger partial charge on any atom is 0.0570 e. The Kier molecular flexibility index (Phi) is 4.50. The molecule has 2 atom stereocenters. The topological polar surface area (TPSA) is 24.9 Å². The summed E-state index contributed by atoms with van der Waals surface area (Å²) in [5.41, 5.74) is 1.10. The molecule has 0 aliphatic rings. The van der Waals surface area contributed by atoms with E-state index in [0.29, 0.717) is 12.0 Å². The van der Waals surface area contributed by atoms with Gasteiger partial charge in [0.25, 0.3) is 0 Å². The zero-order valence-corrected chi connectivity index (χ0v) is 11.9. The molecule has 2 heterocycles. The molecule has 0 aliphatic heterocycles. The van der Waals surface area contributed by atoms with Crippen molar-refractivity contribution in [2.45, 2.75) is 32.9 Å². The standard InChI is InChI=1S/C15H20N2S/c1-11(2)15(14-8-6-10-18-14)17-12(3)13-7-4-5-9-16-13/h4-12,15,17H,1-3H3/t12-,15?/m1/s1. The van der Waals surface area contributed by atoms with E-state index < -0.39 is 0 Å². The van der Waals surface area contributed by atoms with Crippen molar-refractivity contribution in [1.29, 1.82) is 0 Å². The largest absolute Gasteiger partial charge is 0.301 e. The third-order valence-corrected chi connectivity index (χ3v) is 4.03. The molecule has 0 aliphatic carbocycles. The van der Waals surface area contributed by atoms with Gasteiger partial charge in [0.1, 0.15) is 0 Å². The smallest absolute Gasteiger partial charge is 0.0570 e. The summed E-state index contributed by atoms with van der Waals surface area (Å²) < 4.78 is 0. The quantitative estimate of drug-likeness (QED) is 0.872. The lowest BCUT2D eigenvalue weighted by Gasteiger charge is -2.25. The lowest BCUT2D eigenvalue weighted by Crippen LogP contribution is -2.28. The van der Waals surface area contributed by atoms with Crippen LogP contribution in [0.15, 0.2) is 41.9 Å². The summed E-state index contributed by atoms with van der Waals surface area (Å²) in [5, 5.41) is 5.82. The summed E-state index contributed by atoms with van der Waals surface area (Å²) in [5.74, 6) is 0.565. The average molecular weight is 260 g/mol. The van der Waals surface area contributed by atoms with Crippen LogP contribution in [0.4, 0.5) is 0 Å². The van der Waals surface area contributed by atoms with Crippen molar-refractivity contribution in [3.8, 4) is 0 Å². The van der Waals surface area contributed by atoms with Crippen LogP contribution in [-0.2, 0) is 0 Å². The van der Waals surface area contributed by atoms with Crippen molar-refractivity contribution < 1.29 is 0 Å². The monoisotopic (exact) mass is 260 g/mol. The van der Waals surface area contributed by atoms with Crippen molar-refractivity contribution >= 4 is 11.3 Å². The highest BCUT2D eigenvalue weighted by Gasteiger charge is 2.19. The van der Waals surface area contributed by atoms with Crippen LogP contribution < -0.4 is 5.32 Å². The van der Waals surface area contributed by atoms with Gasteiger partial charge >= 0.3 is 0 Å². The van der Waals surface area contributed by atoms with Gasteiger partial charge < -0.3 is 5.32 Å². The third-order valence-electron chi connectivity index (χ3n) is 3.08. The molecule has 2 aromatic rings. The molecule has 1 unspecified atom stereocenters. The molecule has 0 saturated carbocycles. The Morgan fingerprint density at radius 1 is 1.11 bits per heavy atom. The molecule has 0 radical (unpaired) electrons. The van der Waals surface area contributed by atoms with E-state index in [-0.39, 0.29) is 6.04 Å². The number of pyridine rings is 1. The second kappa shape index (κ2) is 6.12. The molecule has 0 fully saturated rings. The molecule has 2 rings (SSSR count). The van der Waals surface area contributed by atoms with Gasteiger partial charge in [0, 0.05) is 23.2 Å². The van der Waals surface area contributed by atoms with E-state index in [1.165, 1.54) is 4.88 Å². The number of thiophene rings is 1. The van der Waals surface area contributed by atoms with Gasteiger partial charge in [-0.1, -0.05) is 26.0 Å². The van der Waals surface area contributed by atoms with Crippen LogP contribution in [0.2, 0.25) is 0 Å². The van der Waals surface area contributed by atoms with Gasteiger partial charge in [0.2, 0.25) is 0 Å². The molecule has 2 nitrogen and oxygen atoms in total. The molecule has 0 bridgehead atoms. The van der Waals surface area contributed by atoms with E-state index in [1.54, 1.807) is 0 Å². The van der Waals surface area contributed by atoms with Crippen LogP contribution in [0.25, 0.3) is 0 Å². The Labute approximate surface area is 113 Å². The maximum absolute atomic E-state index is 4.41. The summed E-state index contributed by atoms with van der Waals surface area (Å²) in [7, 11) is 0. The Morgan fingerprint density at radius 3 is 2.50 bits per heavy atom. The van der Waals surface area contributed by atoms with E-state index in [1.807, 2.05) is 29.7 Å². The highest BCUT2D eigenvalue weighted by Crippen LogP contribution is 2.28. The number of hydrogen-bond acceptors (Lipinski definition) is 3. The molecule has 0 aromatic carbocycles. The lowest BCUT2D eigenvalue weighted by molar-refractivity contribution is 0.376. The number of aromatic nitrogens is 1. The fraction of sp³-hybridized carbons (Fsp3) is 0.400. The summed E-state index contributed by atoms with van der Waals surface area (Å²) in [6.07, 6.45) is 1.85. The summed E-state index contributed by atoms with van der Waals surface area (Å²) >= 11 is 1.81. The van der Waals surface area contributed by atoms with Crippen LogP contribution in [0.3, 0.4) is 0 Å². The molecule has 0 spiro atoms. The van der Waals surface area contributed by atoms with E-state index in [0.717, 1.165) is 5.69 Å². The van der Waals surface area contributed by atoms with Crippen LogP contribution in [-0.4, -0.2) is 4.98 Å². The number of hydrogen-bond donors (Lipinski definition) is 1. The van der Waals surface area contributed by atoms with Crippen LogP contribution in [0.1, 0.15) is 43.4 Å². The zero-order chi connectivity index (χ0) is 13.0. The first kappa shape index (κ1) is 13.2. The van der Waals surface area contributed by atoms with Gasteiger partial charge in [-0.25, -0.2) is 0 Å². The average Bonchev–Trinajstić information content (AvgIpc) is 2.90. The maximum atomic E-state index is 4.41. The SMILES string of the molecule is CC(C)C(N[C@H](C)c1ccccn1)c1cccs1. The summed E-state index contributed by atoms with van der Waals surface area (Å²) in [6, 6.07) is 11.0. The fourth-order valence-electron chi connectivity index (χ4n) is 2.06. The Hall–Kier alpha value is -1.19. The highest BCUT2D eigenvalue weighted by molar-refractivity contribution is 7.10. The molecule has 96 valence electrons. The lowest BCUT2D eigenvalue weighted by atomic mass is 10.0. The first-order chi connectivity index (χ1) is 8.68. The normalized spacial score (nSPS) is 14.7. The fourth-order valence-corrected chi connectivity index (χ4v) is 3.02. The van der Waals surface area contributed by atoms with Crippen LogP contribution in [0.5, 0.6) is 0 Å². The van der Waals surface area contributed by atoms with Crippen molar-refractivity contribution in [3.63, 3.8) is 0 Å². The highest BCUT2D eigenvalue weighted by atomic mass is 32.1. The molecular formula is C15H20N2S. The van der Waals surface area contributed by atoms with Crippen LogP contribution in [0, 0.1) is 5.92 Å². The Morgan fingerprint density at radius 2 is 1.94 bits per heavy atom. The molecule has 2 aromatic heterocycles. The number of nitrogens with one attached hydrogen (secondary N) is 1. The zero-order valence-electron chi connectivity index (χ0n) is 11.1. The second-order valence-electron chi connectivity index (χ2n) is 4.88. The van der Waals surface area contributed by atoms with E-state index in [4.69, 9.17) is 0 Å². The second-order valence-corrected chi connectivity index (χ2v) is 5.86. The Balaban J connectivity index is 2.11. The van der Waals surface area contributed by atoms with Gasteiger partial charge in [-0.3, -0.25) is 4.98 Å². The van der Waals surface area contributed by atoms with E-state index >= 15 is 0 Å². The Bertz CT molecular complexity index is 451. The van der Waals surface area contributed by atoms with Crippen molar-refractivity contribution in [2.24, 2.45) is 5.92 Å². The molecule has 3 heteroatoms. The summed E-state index contributed by atoms with van der Waals surface area (Å²) in [6.45, 7) is 6.68. The minimum atomic E-state index is 0.265. The van der Waals surface area contributed by atoms with E-state index in [2.05, 4.69) is 54.7 Å². The molecule has 18 heavy (non-hydrogen) atoms. The summed E-state index contributed by atoms with van der Waals surface area (Å²) in [4.78, 5) is 5.81. The van der Waals surface area contributed by atoms with Gasteiger partial charge in [-0.2, -0.15) is 0 Å². The van der Waals surface area contributed by atoms with Gasteiger partial charge in [0.15, 0.2) is 0 Å².